The number of hydrogen-bond acceptors (Lipinski definition) is 5. The zero-order chi connectivity index (χ0) is 14.6. The Morgan fingerprint density at radius 3 is 2.76 bits per heavy atom. The fourth-order valence-corrected chi connectivity index (χ4v) is 3.65. The molecule has 7 nitrogen and oxygen atoms in total. The smallest absolute Gasteiger partial charge is 0.250 e. The van der Waals surface area contributed by atoms with Crippen molar-refractivity contribution in [1.29, 1.82) is 0 Å². The average molecular weight is 342 g/mol. The van der Waals surface area contributed by atoms with Gasteiger partial charge in [-0.3, -0.25) is 4.79 Å². The van der Waals surface area contributed by atoms with Crippen LogP contribution in [0.4, 0.5) is 0 Å². The molecule has 1 amide bonds. The number of carbonyl (C=O) groups excluding carboxylic acids is 1. The van der Waals surface area contributed by atoms with Crippen LogP contribution >= 0.6 is 12.4 Å². The number of morpholine rings is 1. The molecule has 124 valence electrons. The minimum absolute atomic E-state index is 0. The van der Waals surface area contributed by atoms with E-state index in [1.807, 2.05) is 0 Å². The molecule has 3 N–H and O–H groups in total. The van der Waals surface area contributed by atoms with Crippen LogP contribution in [0.15, 0.2) is 0 Å². The molecule has 0 aromatic heterocycles. The third-order valence-electron chi connectivity index (χ3n) is 3.78. The van der Waals surface area contributed by atoms with Crippen LogP contribution in [0.3, 0.4) is 0 Å². The molecule has 0 spiro atoms. The lowest BCUT2D eigenvalue weighted by atomic mass is 10.0. The molecule has 1 aliphatic heterocycles. The van der Waals surface area contributed by atoms with Crippen LogP contribution in [0, 0.1) is 5.92 Å². The first-order valence-electron chi connectivity index (χ1n) is 7.03. The largest absolute Gasteiger partial charge is 0.366 e. The highest BCUT2D eigenvalue weighted by atomic mass is 35.5. The van der Waals surface area contributed by atoms with E-state index in [9.17, 15) is 13.2 Å². The quantitative estimate of drug-likeness (QED) is 0.610. The van der Waals surface area contributed by atoms with Crippen molar-refractivity contribution in [2.45, 2.75) is 31.4 Å². The highest BCUT2D eigenvalue weighted by Crippen LogP contribution is 2.25. The molecule has 2 fully saturated rings. The lowest BCUT2D eigenvalue weighted by Crippen LogP contribution is -2.49. The lowest BCUT2D eigenvalue weighted by molar-refractivity contribution is -0.134. The lowest BCUT2D eigenvalue weighted by Gasteiger charge is -2.25. The maximum absolute atomic E-state index is 11.9. The zero-order valence-corrected chi connectivity index (χ0v) is 13.8. The van der Waals surface area contributed by atoms with Gasteiger partial charge < -0.3 is 15.4 Å². The van der Waals surface area contributed by atoms with Crippen molar-refractivity contribution in [1.82, 2.24) is 15.4 Å². The Bertz CT molecular complexity index is 440. The van der Waals surface area contributed by atoms with Gasteiger partial charge in [0.25, 0.3) is 0 Å². The molecule has 0 aromatic rings. The van der Waals surface area contributed by atoms with E-state index in [2.05, 4.69) is 15.4 Å². The summed E-state index contributed by atoms with van der Waals surface area (Å²) in [6.45, 7) is 2.33. The molecule has 2 rings (SSSR count). The van der Waals surface area contributed by atoms with E-state index < -0.39 is 16.1 Å². The SMILES string of the molecule is CS(=O)(=O)NC1CCCC1CNC(=O)[C@H]1CNCCO1.Cl. The van der Waals surface area contributed by atoms with Crippen molar-refractivity contribution >= 4 is 28.3 Å². The molecule has 2 unspecified atom stereocenters. The minimum atomic E-state index is -3.20. The standard InChI is InChI=1S/C12H23N3O4S.ClH/c1-20(17,18)15-10-4-2-3-9(10)7-14-12(16)11-8-13-5-6-19-11;/h9-11,13,15H,2-8H2,1H3,(H,14,16);1H/t9?,10?,11-;/m1./s1. The molecular weight excluding hydrogens is 318 g/mol. The Hall–Kier alpha value is -0.410. The first-order valence-corrected chi connectivity index (χ1v) is 8.92. The van der Waals surface area contributed by atoms with E-state index in [1.54, 1.807) is 0 Å². The molecule has 21 heavy (non-hydrogen) atoms. The summed E-state index contributed by atoms with van der Waals surface area (Å²) < 4.78 is 30.6. The van der Waals surface area contributed by atoms with Gasteiger partial charge in [-0.15, -0.1) is 12.4 Å². The van der Waals surface area contributed by atoms with Gasteiger partial charge in [0.2, 0.25) is 15.9 Å². The van der Waals surface area contributed by atoms with Gasteiger partial charge in [0.05, 0.1) is 12.9 Å². The summed E-state index contributed by atoms with van der Waals surface area (Å²) in [5, 5.41) is 5.98. The van der Waals surface area contributed by atoms with Crippen LogP contribution in [0.25, 0.3) is 0 Å². The van der Waals surface area contributed by atoms with Crippen molar-refractivity contribution < 1.29 is 17.9 Å². The van der Waals surface area contributed by atoms with E-state index >= 15 is 0 Å². The molecule has 0 bridgehead atoms. The summed E-state index contributed by atoms with van der Waals surface area (Å²) in [4.78, 5) is 11.9. The fraction of sp³-hybridized carbons (Fsp3) is 0.917. The normalized spacial score (nSPS) is 29.7. The number of halogens is 1. The van der Waals surface area contributed by atoms with Crippen molar-refractivity contribution in [2.75, 3.05) is 32.5 Å². The Morgan fingerprint density at radius 1 is 1.38 bits per heavy atom. The Morgan fingerprint density at radius 2 is 2.14 bits per heavy atom. The second-order valence-corrected chi connectivity index (χ2v) is 7.28. The molecule has 1 heterocycles. The number of rotatable bonds is 5. The summed E-state index contributed by atoms with van der Waals surface area (Å²) in [5.41, 5.74) is 0. The zero-order valence-electron chi connectivity index (χ0n) is 12.1. The highest BCUT2D eigenvalue weighted by Gasteiger charge is 2.30. The van der Waals surface area contributed by atoms with Crippen molar-refractivity contribution in [3.8, 4) is 0 Å². The van der Waals surface area contributed by atoms with Gasteiger partial charge in [0.15, 0.2) is 0 Å². The first kappa shape index (κ1) is 18.6. The van der Waals surface area contributed by atoms with Gasteiger partial charge in [-0.2, -0.15) is 0 Å². The number of hydrogen-bond donors (Lipinski definition) is 3. The minimum Gasteiger partial charge on any atom is -0.366 e. The number of ether oxygens (including phenoxy) is 1. The van der Waals surface area contributed by atoms with Gasteiger partial charge >= 0.3 is 0 Å². The number of amides is 1. The van der Waals surface area contributed by atoms with Crippen LogP contribution < -0.4 is 15.4 Å². The fourth-order valence-electron chi connectivity index (χ4n) is 2.79. The predicted molar refractivity (Wildman–Crippen MR) is 82.0 cm³/mol. The maximum Gasteiger partial charge on any atom is 0.250 e. The Balaban J connectivity index is 0.00000220. The van der Waals surface area contributed by atoms with Gasteiger partial charge in [-0.05, 0) is 18.8 Å². The summed E-state index contributed by atoms with van der Waals surface area (Å²) in [7, 11) is -3.20. The van der Waals surface area contributed by atoms with E-state index in [-0.39, 0.29) is 30.3 Å². The number of nitrogens with one attached hydrogen (secondary N) is 3. The first-order chi connectivity index (χ1) is 9.46. The second-order valence-electron chi connectivity index (χ2n) is 5.50. The van der Waals surface area contributed by atoms with E-state index in [0.717, 1.165) is 25.8 Å². The topological polar surface area (TPSA) is 96.5 Å². The van der Waals surface area contributed by atoms with Crippen LogP contribution in [-0.2, 0) is 19.6 Å². The van der Waals surface area contributed by atoms with E-state index in [0.29, 0.717) is 19.7 Å². The average Bonchev–Trinajstić information content (AvgIpc) is 2.82. The maximum atomic E-state index is 11.9. The molecule has 0 radical (unpaired) electrons. The third-order valence-corrected chi connectivity index (χ3v) is 4.51. The van der Waals surface area contributed by atoms with Gasteiger partial charge in [0, 0.05) is 25.7 Å². The van der Waals surface area contributed by atoms with Crippen LogP contribution in [-0.4, -0.2) is 59.0 Å². The van der Waals surface area contributed by atoms with Crippen LogP contribution in [0.1, 0.15) is 19.3 Å². The molecule has 9 heteroatoms. The summed E-state index contributed by atoms with van der Waals surface area (Å²) in [5.74, 6) is 0.0347. The molecule has 2 aliphatic rings. The second kappa shape index (κ2) is 8.28. The Labute approximate surface area is 132 Å². The number of sulfonamides is 1. The monoisotopic (exact) mass is 341 g/mol. The van der Waals surface area contributed by atoms with Gasteiger partial charge in [-0.1, -0.05) is 6.42 Å². The summed E-state index contributed by atoms with van der Waals surface area (Å²) in [6, 6.07) is -0.0734. The summed E-state index contributed by atoms with van der Waals surface area (Å²) in [6.07, 6.45) is 3.47. The third kappa shape index (κ3) is 6.07. The Kier molecular flexibility index (Phi) is 7.35. The molecule has 0 aromatic carbocycles. The molecule has 1 saturated carbocycles. The van der Waals surface area contributed by atoms with Crippen LogP contribution in [0.2, 0.25) is 0 Å². The van der Waals surface area contributed by atoms with E-state index in [4.69, 9.17) is 4.74 Å². The van der Waals surface area contributed by atoms with Crippen LogP contribution in [0.5, 0.6) is 0 Å². The van der Waals surface area contributed by atoms with Gasteiger partial charge in [-0.25, -0.2) is 13.1 Å². The number of carbonyl (C=O) groups is 1. The molecule has 1 saturated heterocycles. The van der Waals surface area contributed by atoms with E-state index in [1.165, 1.54) is 6.26 Å². The van der Waals surface area contributed by atoms with Crippen molar-refractivity contribution in [3.05, 3.63) is 0 Å². The van der Waals surface area contributed by atoms with Crippen molar-refractivity contribution in [3.63, 3.8) is 0 Å². The highest BCUT2D eigenvalue weighted by molar-refractivity contribution is 7.88. The summed E-state index contributed by atoms with van der Waals surface area (Å²) >= 11 is 0. The predicted octanol–water partition coefficient (Wildman–Crippen LogP) is -0.769. The van der Waals surface area contributed by atoms with Gasteiger partial charge in [0.1, 0.15) is 6.10 Å². The van der Waals surface area contributed by atoms with Crippen molar-refractivity contribution in [2.24, 2.45) is 5.92 Å². The molecular formula is C12H24ClN3O4S. The molecule has 3 atom stereocenters. The molecule has 1 aliphatic carbocycles.